The van der Waals surface area contributed by atoms with Crippen LogP contribution in [0.5, 0.6) is 5.75 Å². The molecule has 0 unspecified atom stereocenters. The number of para-hydroxylation sites is 1. The zero-order valence-corrected chi connectivity index (χ0v) is 12.3. The summed E-state index contributed by atoms with van der Waals surface area (Å²) in [5.74, 6) is -2.14. The smallest absolute Gasteiger partial charge is 0.308 e. The molecule has 3 rings (SSSR count). The Kier molecular flexibility index (Phi) is 3.76. The summed E-state index contributed by atoms with van der Waals surface area (Å²) >= 11 is 0. The summed E-state index contributed by atoms with van der Waals surface area (Å²) in [6.45, 7) is 1.74. The Bertz CT molecular complexity index is 614. The fourth-order valence-corrected chi connectivity index (χ4v) is 2.73. The number of hydrogen-bond donors (Lipinski definition) is 1. The van der Waals surface area contributed by atoms with E-state index in [4.69, 9.17) is 9.84 Å². The van der Waals surface area contributed by atoms with Crippen LogP contribution in [0.2, 0.25) is 0 Å². The number of carbonyl (C=O) groups is 2. The number of benzene rings is 1. The third-order valence-electron chi connectivity index (χ3n) is 4.15. The van der Waals surface area contributed by atoms with E-state index in [9.17, 15) is 14.0 Å². The van der Waals surface area contributed by atoms with E-state index < -0.39 is 23.8 Å². The number of aliphatic carboxylic acids is 1. The first-order chi connectivity index (χ1) is 10.5. The molecule has 1 aliphatic heterocycles. The Hall–Kier alpha value is -2.11. The molecule has 1 fully saturated rings. The number of nitrogens with zero attached hydrogens (tertiary/aromatic N) is 1. The van der Waals surface area contributed by atoms with Gasteiger partial charge in [0.15, 0.2) is 17.7 Å². The van der Waals surface area contributed by atoms with E-state index in [0.717, 1.165) is 12.8 Å². The predicted molar refractivity (Wildman–Crippen MR) is 76.1 cm³/mol. The lowest BCUT2D eigenvalue weighted by atomic mass is 10.1. The molecule has 1 N–H and O–H groups in total. The van der Waals surface area contributed by atoms with E-state index >= 15 is 0 Å². The van der Waals surface area contributed by atoms with Gasteiger partial charge < -0.3 is 14.7 Å². The highest BCUT2D eigenvalue weighted by Crippen LogP contribution is 2.34. The van der Waals surface area contributed by atoms with E-state index in [1.54, 1.807) is 24.0 Å². The number of carboxylic acid groups (broad SMARTS) is 1. The zero-order valence-electron chi connectivity index (χ0n) is 12.3. The second kappa shape index (κ2) is 5.59. The SMILES string of the molecule is C[C@H](CN(C(=O)[C@@H]1Cc2cccc(F)c2O1)C1CC1)C(=O)O. The third-order valence-corrected chi connectivity index (χ3v) is 4.15. The van der Waals surface area contributed by atoms with Crippen LogP contribution in [0.4, 0.5) is 4.39 Å². The minimum Gasteiger partial charge on any atom is -0.481 e. The van der Waals surface area contributed by atoms with Crippen molar-refractivity contribution in [1.82, 2.24) is 4.90 Å². The predicted octanol–water partition coefficient (Wildman–Crippen LogP) is 1.84. The van der Waals surface area contributed by atoms with Gasteiger partial charge in [-0.3, -0.25) is 9.59 Å². The van der Waals surface area contributed by atoms with Gasteiger partial charge in [-0.05, 0) is 18.9 Å². The molecule has 22 heavy (non-hydrogen) atoms. The molecule has 0 bridgehead atoms. The third kappa shape index (κ3) is 2.77. The molecule has 1 aromatic rings. The number of amides is 1. The first-order valence-electron chi connectivity index (χ1n) is 7.44. The Morgan fingerprint density at radius 1 is 1.45 bits per heavy atom. The fraction of sp³-hybridized carbons (Fsp3) is 0.500. The molecule has 0 aromatic heterocycles. The molecule has 0 spiro atoms. The zero-order chi connectivity index (χ0) is 15.9. The van der Waals surface area contributed by atoms with Gasteiger partial charge in [-0.1, -0.05) is 19.1 Å². The van der Waals surface area contributed by atoms with Crippen LogP contribution >= 0.6 is 0 Å². The van der Waals surface area contributed by atoms with Gasteiger partial charge in [0.1, 0.15) is 0 Å². The first kappa shape index (κ1) is 14.8. The summed E-state index contributed by atoms with van der Waals surface area (Å²) in [5, 5.41) is 9.04. The Morgan fingerprint density at radius 3 is 2.77 bits per heavy atom. The van der Waals surface area contributed by atoms with Crippen LogP contribution in [0.15, 0.2) is 18.2 Å². The Balaban J connectivity index is 1.73. The molecule has 6 heteroatoms. The topological polar surface area (TPSA) is 66.8 Å². The number of rotatable bonds is 5. The largest absolute Gasteiger partial charge is 0.481 e. The maximum atomic E-state index is 13.7. The highest BCUT2D eigenvalue weighted by molar-refractivity contribution is 5.84. The van der Waals surface area contributed by atoms with Gasteiger partial charge in [0, 0.05) is 24.6 Å². The van der Waals surface area contributed by atoms with Crippen LogP contribution in [0.3, 0.4) is 0 Å². The summed E-state index contributed by atoms with van der Waals surface area (Å²) in [5.41, 5.74) is 0.681. The van der Waals surface area contributed by atoms with Crippen molar-refractivity contribution in [2.45, 2.75) is 38.3 Å². The van der Waals surface area contributed by atoms with E-state index in [0.29, 0.717) is 12.0 Å². The van der Waals surface area contributed by atoms with Crippen molar-refractivity contribution >= 4 is 11.9 Å². The molecular weight excluding hydrogens is 289 g/mol. The lowest BCUT2D eigenvalue weighted by Crippen LogP contribution is -2.45. The van der Waals surface area contributed by atoms with Gasteiger partial charge in [0.25, 0.3) is 5.91 Å². The van der Waals surface area contributed by atoms with Crippen molar-refractivity contribution in [2.75, 3.05) is 6.54 Å². The monoisotopic (exact) mass is 307 g/mol. The lowest BCUT2D eigenvalue weighted by molar-refractivity contribution is -0.145. The molecule has 5 nitrogen and oxygen atoms in total. The summed E-state index contributed by atoms with van der Waals surface area (Å²) < 4.78 is 19.2. The average Bonchev–Trinajstić information content (AvgIpc) is 3.22. The first-order valence-corrected chi connectivity index (χ1v) is 7.44. The van der Waals surface area contributed by atoms with Gasteiger partial charge in [0.05, 0.1) is 5.92 Å². The van der Waals surface area contributed by atoms with Crippen molar-refractivity contribution in [3.8, 4) is 5.75 Å². The number of fused-ring (bicyclic) bond motifs is 1. The van der Waals surface area contributed by atoms with Crippen LogP contribution in [0, 0.1) is 11.7 Å². The van der Waals surface area contributed by atoms with Gasteiger partial charge in [-0.25, -0.2) is 4.39 Å². The van der Waals surface area contributed by atoms with Gasteiger partial charge >= 0.3 is 5.97 Å². The Labute approximate surface area is 127 Å². The molecule has 1 aliphatic carbocycles. The van der Waals surface area contributed by atoms with E-state index in [1.807, 2.05) is 0 Å². The maximum absolute atomic E-state index is 13.7. The quantitative estimate of drug-likeness (QED) is 0.901. The minimum absolute atomic E-state index is 0.0893. The van der Waals surface area contributed by atoms with Gasteiger partial charge in [0.2, 0.25) is 0 Å². The highest BCUT2D eigenvalue weighted by Gasteiger charge is 2.40. The number of hydrogen-bond acceptors (Lipinski definition) is 3. The van der Waals surface area contributed by atoms with Crippen LogP contribution < -0.4 is 4.74 Å². The van der Waals surface area contributed by atoms with Crippen LogP contribution in [-0.4, -0.2) is 40.6 Å². The standard InChI is InChI=1S/C16H18FNO4/c1-9(16(20)21)8-18(11-5-6-11)15(19)13-7-10-3-2-4-12(17)14(10)22-13/h2-4,9,11,13H,5-8H2,1H3,(H,20,21)/t9-,13+/m1/s1. The van der Waals surface area contributed by atoms with Crippen molar-refractivity contribution in [2.24, 2.45) is 5.92 Å². The molecule has 1 aromatic carbocycles. The molecule has 1 saturated carbocycles. The van der Waals surface area contributed by atoms with Crippen molar-refractivity contribution in [3.63, 3.8) is 0 Å². The lowest BCUT2D eigenvalue weighted by Gasteiger charge is -2.26. The number of carbonyl (C=O) groups excluding carboxylic acids is 1. The van der Waals surface area contributed by atoms with E-state index in [1.165, 1.54) is 6.07 Å². The average molecular weight is 307 g/mol. The molecule has 1 amide bonds. The van der Waals surface area contributed by atoms with E-state index in [2.05, 4.69) is 0 Å². The molecule has 2 atom stereocenters. The fourth-order valence-electron chi connectivity index (χ4n) is 2.73. The summed E-state index contributed by atoms with van der Waals surface area (Å²) in [6, 6.07) is 4.73. The highest BCUT2D eigenvalue weighted by atomic mass is 19.1. The van der Waals surface area contributed by atoms with Gasteiger partial charge in [-0.15, -0.1) is 0 Å². The molecule has 1 heterocycles. The van der Waals surface area contributed by atoms with Crippen molar-refractivity contribution in [1.29, 1.82) is 0 Å². The molecule has 2 aliphatic rings. The minimum atomic E-state index is -0.930. The number of halogens is 1. The maximum Gasteiger partial charge on any atom is 0.308 e. The summed E-state index contributed by atoms with van der Waals surface area (Å²) in [6.07, 6.45) is 1.34. The molecule has 0 radical (unpaired) electrons. The van der Waals surface area contributed by atoms with Crippen LogP contribution in [0.1, 0.15) is 25.3 Å². The second-order valence-electron chi connectivity index (χ2n) is 6.00. The second-order valence-corrected chi connectivity index (χ2v) is 6.00. The van der Waals surface area contributed by atoms with Crippen LogP contribution in [0.25, 0.3) is 0 Å². The number of carboxylic acids is 1. The van der Waals surface area contributed by atoms with Crippen LogP contribution in [-0.2, 0) is 16.0 Å². The normalized spacial score (nSPS) is 20.9. The molecule has 0 saturated heterocycles. The molecular formula is C16H18FNO4. The van der Waals surface area contributed by atoms with Crippen molar-refractivity contribution in [3.05, 3.63) is 29.6 Å². The summed E-state index contributed by atoms with van der Waals surface area (Å²) in [4.78, 5) is 25.3. The van der Waals surface area contributed by atoms with Crippen molar-refractivity contribution < 1.29 is 23.8 Å². The Morgan fingerprint density at radius 2 is 2.18 bits per heavy atom. The van der Waals surface area contributed by atoms with E-state index in [-0.39, 0.29) is 24.2 Å². The summed E-state index contributed by atoms with van der Waals surface area (Å²) in [7, 11) is 0. The van der Waals surface area contributed by atoms with Gasteiger partial charge in [-0.2, -0.15) is 0 Å². The number of ether oxygens (including phenoxy) is 1. The molecule has 118 valence electrons.